The average Bonchev–Trinajstić information content (AvgIpc) is 2.71. The van der Waals surface area contributed by atoms with E-state index in [1.807, 2.05) is 0 Å². The normalized spacial score (nSPS) is 27.5. The first-order valence-electron chi connectivity index (χ1n) is 10.8. The molecular weight excluding hydrogens is 314 g/mol. The maximum absolute atomic E-state index is 5.30. The minimum atomic E-state index is 0.365. The maximum Gasteiger partial charge on any atom is 0.0807 e. The van der Waals surface area contributed by atoms with Crippen LogP contribution in [0.25, 0.3) is 0 Å². The van der Waals surface area contributed by atoms with E-state index < -0.39 is 0 Å². The van der Waals surface area contributed by atoms with Crippen LogP contribution in [-0.4, -0.2) is 63.7 Å². The molecule has 3 aliphatic rings. The van der Waals surface area contributed by atoms with Crippen LogP contribution in [0.3, 0.4) is 0 Å². The van der Waals surface area contributed by atoms with E-state index in [4.69, 9.17) is 14.2 Å². The van der Waals surface area contributed by atoms with Gasteiger partial charge in [-0.1, -0.05) is 33.6 Å². The fourth-order valence-corrected chi connectivity index (χ4v) is 3.40. The molecule has 3 rings (SSSR count). The summed E-state index contributed by atoms with van der Waals surface area (Å²) in [6.07, 6.45) is 11.0. The molecule has 150 valence electrons. The summed E-state index contributed by atoms with van der Waals surface area (Å²) in [6.45, 7) is 15.0. The fraction of sp³-hybridized carbons (Fsp3) is 1.00. The van der Waals surface area contributed by atoms with Gasteiger partial charge in [-0.2, -0.15) is 0 Å². The summed E-state index contributed by atoms with van der Waals surface area (Å²) >= 11 is 0. The Morgan fingerprint density at radius 2 is 1.56 bits per heavy atom. The molecule has 0 aliphatic carbocycles. The highest BCUT2D eigenvalue weighted by atomic mass is 16.6. The molecule has 0 aromatic heterocycles. The Balaban J connectivity index is 0.000000188. The van der Waals surface area contributed by atoms with E-state index in [-0.39, 0.29) is 0 Å². The van der Waals surface area contributed by atoms with E-state index in [9.17, 15) is 0 Å². The van der Waals surface area contributed by atoms with Crippen LogP contribution in [0, 0.1) is 5.92 Å². The van der Waals surface area contributed by atoms with E-state index in [2.05, 4.69) is 25.7 Å². The summed E-state index contributed by atoms with van der Waals surface area (Å²) in [4.78, 5) is 2.57. The van der Waals surface area contributed by atoms with Crippen molar-refractivity contribution in [2.45, 2.75) is 78.2 Å². The SMILES string of the molecule is CCC1CCCOC1.CCC1COCCO1.CCCN1CCCCC1. The van der Waals surface area contributed by atoms with Gasteiger partial charge in [-0.25, -0.2) is 0 Å². The standard InChI is InChI=1S/C8H17N.C7H14O.C6H12O2/c1-2-6-9-7-4-3-5-8-9;1-2-7-4-3-5-8-6-7;1-2-6-5-7-3-4-8-6/h2-8H2,1H3;7H,2-6H2,1H3;6H,2-5H2,1H3. The number of ether oxygens (including phenoxy) is 3. The first kappa shape index (κ1) is 22.9. The molecule has 2 unspecified atom stereocenters. The Hall–Kier alpha value is -0.160. The first-order valence-corrected chi connectivity index (χ1v) is 10.8. The van der Waals surface area contributed by atoms with Crippen molar-refractivity contribution < 1.29 is 14.2 Å². The molecule has 0 radical (unpaired) electrons. The summed E-state index contributed by atoms with van der Waals surface area (Å²) in [5.41, 5.74) is 0. The average molecular weight is 358 g/mol. The molecule has 3 fully saturated rings. The highest BCUT2D eigenvalue weighted by Crippen LogP contribution is 2.15. The predicted octanol–water partition coefficient (Wildman–Crippen LogP) is 4.52. The quantitative estimate of drug-likeness (QED) is 0.740. The number of nitrogens with zero attached hydrogens (tertiary/aromatic N) is 1. The molecule has 4 nitrogen and oxygen atoms in total. The number of rotatable bonds is 4. The summed E-state index contributed by atoms with van der Waals surface area (Å²) in [5.74, 6) is 0.865. The Bertz CT molecular complexity index is 250. The lowest BCUT2D eigenvalue weighted by Crippen LogP contribution is -2.30. The van der Waals surface area contributed by atoms with Crippen molar-refractivity contribution in [1.82, 2.24) is 4.90 Å². The van der Waals surface area contributed by atoms with Crippen molar-refractivity contribution in [2.24, 2.45) is 5.92 Å². The summed E-state index contributed by atoms with van der Waals surface area (Å²) in [5, 5.41) is 0. The van der Waals surface area contributed by atoms with Gasteiger partial charge in [0.2, 0.25) is 0 Å². The number of hydrogen-bond donors (Lipinski definition) is 0. The second-order valence-corrected chi connectivity index (χ2v) is 7.37. The van der Waals surface area contributed by atoms with E-state index in [0.29, 0.717) is 6.10 Å². The van der Waals surface area contributed by atoms with Crippen LogP contribution in [-0.2, 0) is 14.2 Å². The second kappa shape index (κ2) is 16.0. The minimum absolute atomic E-state index is 0.365. The summed E-state index contributed by atoms with van der Waals surface area (Å²) < 4.78 is 15.7. The zero-order chi connectivity index (χ0) is 18.2. The van der Waals surface area contributed by atoms with Gasteiger partial charge in [0.25, 0.3) is 0 Å². The Morgan fingerprint density at radius 1 is 0.800 bits per heavy atom. The van der Waals surface area contributed by atoms with Gasteiger partial charge >= 0.3 is 0 Å². The Morgan fingerprint density at radius 3 is 2.00 bits per heavy atom. The van der Waals surface area contributed by atoms with Crippen molar-refractivity contribution >= 4 is 0 Å². The molecule has 4 heteroatoms. The fourth-order valence-electron chi connectivity index (χ4n) is 3.40. The van der Waals surface area contributed by atoms with Crippen LogP contribution < -0.4 is 0 Å². The zero-order valence-corrected chi connectivity index (χ0v) is 17.1. The van der Waals surface area contributed by atoms with Crippen LogP contribution in [0.5, 0.6) is 0 Å². The molecule has 0 saturated carbocycles. The topological polar surface area (TPSA) is 30.9 Å². The second-order valence-electron chi connectivity index (χ2n) is 7.37. The smallest absolute Gasteiger partial charge is 0.0807 e. The van der Waals surface area contributed by atoms with E-state index >= 15 is 0 Å². The monoisotopic (exact) mass is 357 g/mol. The summed E-state index contributed by atoms with van der Waals surface area (Å²) in [7, 11) is 0. The molecule has 25 heavy (non-hydrogen) atoms. The molecule has 3 saturated heterocycles. The molecule has 3 aliphatic heterocycles. The zero-order valence-electron chi connectivity index (χ0n) is 17.1. The molecule has 3 heterocycles. The van der Waals surface area contributed by atoms with Crippen LogP contribution in [0.2, 0.25) is 0 Å². The maximum atomic E-state index is 5.30. The van der Waals surface area contributed by atoms with Crippen molar-refractivity contribution in [1.29, 1.82) is 0 Å². The lowest BCUT2D eigenvalue weighted by Gasteiger charge is -2.25. The molecule has 2 atom stereocenters. The molecule has 0 aromatic rings. The van der Waals surface area contributed by atoms with Crippen LogP contribution >= 0.6 is 0 Å². The van der Waals surface area contributed by atoms with Crippen LogP contribution in [0.15, 0.2) is 0 Å². The predicted molar refractivity (Wildman–Crippen MR) is 105 cm³/mol. The summed E-state index contributed by atoms with van der Waals surface area (Å²) in [6, 6.07) is 0. The third kappa shape index (κ3) is 12.0. The van der Waals surface area contributed by atoms with E-state index in [1.54, 1.807) is 0 Å². The van der Waals surface area contributed by atoms with Gasteiger partial charge < -0.3 is 19.1 Å². The van der Waals surface area contributed by atoms with Gasteiger partial charge in [-0.3, -0.25) is 0 Å². The highest BCUT2D eigenvalue weighted by molar-refractivity contribution is 4.63. The van der Waals surface area contributed by atoms with Gasteiger partial charge in [0.05, 0.1) is 25.9 Å². The minimum Gasteiger partial charge on any atom is -0.381 e. The molecule has 0 aromatic carbocycles. The number of piperidine rings is 1. The molecule has 0 spiro atoms. The van der Waals surface area contributed by atoms with Gasteiger partial charge in [-0.15, -0.1) is 0 Å². The van der Waals surface area contributed by atoms with Crippen molar-refractivity contribution in [3.05, 3.63) is 0 Å². The Labute approximate surface area is 156 Å². The van der Waals surface area contributed by atoms with Crippen LogP contribution in [0.4, 0.5) is 0 Å². The third-order valence-electron chi connectivity index (χ3n) is 5.16. The Kier molecular flexibility index (Phi) is 14.7. The number of hydrogen-bond acceptors (Lipinski definition) is 4. The van der Waals surface area contributed by atoms with Gasteiger partial charge in [0.15, 0.2) is 0 Å². The third-order valence-corrected chi connectivity index (χ3v) is 5.16. The molecule has 0 bridgehead atoms. The molecule has 0 N–H and O–H groups in total. The van der Waals surface area contributed by atoms with Crippen molar-refractivity contribution in [3.8, 4) is 0 Å². The van der Waals surface area contributed by atoms with E-state index in [1.165, 1.54) is 64.6 Å². The van der Waals surface area contributed by atoms with Gasteiger partial charge in [0, 0.05) is 13.2 Å². The lowest BCUT2D eigenvalue weighted by molar-refractivity contribution is -0.0887. The highest BCUT2D eigenvalue weighted by Gasteiger charge is 2.11. The largest absolute Gasteiger partial charge is 0.381 e. The van der Waals surface area contributed by atoms with Crippen LogP contribution in [0.1, 0.15) is 72.1 Å². The lowest BCUT2D eigenvalue weighted by atomic mass is 10.0. The number of likely N-dealkylation sites (tertiary alicyclic amines) is 1. The van der Waals surface area contributed by atoms with Crippen molar-refractivity contribution in [3.63, 3.8) is 0 Å². The van der Waals surface area contributed by atoms with Crippen molar-refractivity contribution in [2.75, 3.05) is 52.7 Å². The van der Waals surface area contributed by atoms with E-state index in [0.717, 1.165) is 45.4 Å². The molecule has 0 amide bonds. The van der Waals surface area contributed by atoms with Gasteiger partial charge in [-0.05, 0) is 64.1 Å². The molecular formula is C21H43NO3. The first-order chi connectivity index (χ1) is 12.3. The van der Waals surface area contributed by atoms with Gasteiger partial charge in [0.1, 0.15) is 0 Å².